The van der Waals surface area contributed by atoms with E-state index in [4.69, 9.17) is 10.8 Å². The van der Waals surface area contributed by atoms with Gasteiger partial charge in [0.2, 0.25) is 5.91 Å². The average Bonchev–Trinajstić information content (AvgIpc) is 3.20. The Balaban J connectivity index is 0.000000455. The number of carbonyl (C=O) groups is 2. The lowest BCUT2D eigenvalue weighted by Gasteiger charge is -2.25. The van der Waals surface area contributed by atoms with Gasteiger partial charge in [-0.1, -0.05) is 43.5 Å². The summed E-state index contributed by atoms with van der Waals surface area (Å²) in [7, 11) is 3.85. The van der Waals surface area contributed by atoms with Gasteiger partial charge in [-0.3, -0.25) is 14.2 Å². The minimum absolute atomic E-state index is 0.160. The molecule has 2 aromatic carbocycles. The zero-order chi connectivity index (χ0) is 25.7. The van der Waals surface area contributed by atoms with E-state index < -0.39 is 5.91 Å². The van der Waals surface area contributed by atoms with Crippen LogP contribution in [-0.2, 0) is 6.42 Å². The van der Waals surface area contributed by atoms with Gasteiger partial charge in [0, 0.05) is 41.3 Å². The molecule has 0 radical (unpaired) electrons. The molecule has 1 amide bonds. The fraction of sp³-hybridized carbons (Fsp3) is 0.448. The zero-order valence-electron chi connectivity index (χ0n) is 21.4. The smallest absolute Gasteiger partial charge is 0.250 e. The van der Waals surface area contributed by atoms with Gasteiger partial charge in [-0.2, -0.15) is 0 Å². The maximum atomic E-state index is 12.7. The molecule has 0 saturated heterocycles. The Hall–Kier alpha value is -3.16. The van der Waals surface area contributed by atoms with Gasteiger partial charge in [-0.25, -0.2) is 0 Å². The van der Waals surface area contributed by atoms with Crippen LogP contribution in [-0.4, -0.2) is 59.7 Å². The van der Waals surface area contributed by atoms with E-state index in [1.807, 2.05) is 53.9 Å². The number of likely N-dealkylation sites (N-methyl/N-ethyl adjacent to an activating group) is 1. The number of nitrogens with one attached hydrogen (secondary N) is 1. The van der Waals surface area contributed by atoms with Crippen LogP contribution in [0.3, 0.4) is 0 Å². The highest BCUT2D eigenvalue weighted by atomic mass is 16.3. The topological polar surface area (TPSA) is 101 Å². The summed E-state index contributed by atoms with van der Waals surface area (Å²) < 4.78 is 1.89. The highest BCUT2D eigenvalue weighted by Crippen LogP contribution is 2.39. The first-order chi connectivity index (χ1) is 17.4. The van der Waals surface area contributed by atoms with Crippen molar-refractivity contribution < 1.29 is 14.7 Å². The first-order valence-corrected chi connectivity index (χ1v) is 13.0. The molecule has 36 heavy (non-hydrogen) atoms. The van der Waals surface area contributed by atoms with Crippen LogP contribution in [0.1, 0.15) is 65.8 Å². The van der Waals surface area contributed by atoms with Crippen LogP contribution >= 0.6 is 0 Å². The molecular weight excluding hydrogens is 452 g/mol. The molecule has 192 valence electrons. The number of primary amides is 1. The standard InChI is InChI=1S/C25H27N3O2.C4H11NO/c26-25(30)18-14-13-16(15-20(18)27-17-7-2-1-3-8-17)24-19-9-4-5-10-21(19)28-22(24)11-6-12-23(28)29;1-5(2)3-4-6/h4-5,9-10,13-15,17,27H,1-3,6-8,11-12H2,(H2,26,30);6H,3-4H2,1-2H3. The van der Waals surface area contributed by atoms with E-state index in [2.05, 4.69) is 17.4 Å². The van der Waals surface area contributed by atoms with Crippen LogP contribution in [0.4, 0.5) is 5.69 Å². The number of benzene rings is 2. The molecule has 1 aliphatic carbocycles. The van der Waals surface area contributed by atoms with Crippen LogP contribution in [0.5, 0.6) is 0 Å². The average molecular weight is 491 g/mol. The summed E-state index contributed by atoms with van der Waals surface area (Å²) in [5, 5.41) is 12.9. The molecule has 0 bridgehead atoms. The van der Waals surface area contributed by atoms with E-state index in [0.717, 1.165) is 65.6 Å². The number of nitrogens with zero attached hydrogens (tertiary/aromatic N) is 2. The summed E-state index contributed by atoms with van der Waals surface area (Å²) in [5.41, 5.74) is 11.2. The Kier molecular flexibility index (Phi) is 8.44. The molecule has 1 saturated carbocycles. The van der Waals surface area contributed by atoms with Gasteiger partial charge in [0.1, 0.15) is 0 Å². The number of hydrogen-bond donors (Lipinski definition) is 3. The highest BCUT2D eigenvalue weighted by molar-refractivity contribution is 6.06. The Bertz CT molecular complexity index is 1220. The fourth-order valence-corrected chi connectivity index (χ4v) is 5.36. The zero-order valence-corrected chi connectivity index (χ0v) is 21.4. The first-order valence-electron chi connectivity index (χ1n) is 13.0. The number of aromatic nitrogens is 1. The summed E-state index contributed by atoms with van der Waals surface area (Å²) in [5.74, 6) is -0.258. The number of carbonyl (C=O) groups excluding carboxylic acids is 2. The van der Waals surface area contributed by atoms with E-state index in [-0.39, 0.29) is 12.5 Å². The summed E-state index contributed by atoms with van der Waals surface area (Å²) in [6, 6.07) is 14.3. The maximum Gasteiger partial charge on any atom is 0.250 e. The van der Waals surface area contributed by atoms with Gasteiger partial charge in [0.25, 0.3) is 5.91 Å². The Morgan fingerprint density at radius 3 is 2.50 bits per heavy atom. The number of para-hydroxylation sites is 1. The highest BCUT2D eigenvalue weighted by Gasteiger charge is 2.26. The molecule has 1 aliphatic heterocycles. The molecule has 1 aromatic heterocycles. The summed E-state index contributed by atoms with van der Waals surface area (Å²) >= 11 is 0. The van der Waals surface area contributed by atoms with Crippen LogP contribution in [0, 0.1) is 0 Å². The fourth-order valence-electron chi connectivity index (χ4n) is 5.36. The lowest BCUT2D eigenvalue weighted by Crippen LogP contribution is -2.24. The van der Waals surface area contributed by atoms with Gasteiger partial charge < -0.3 is 21.1 Å². The molecule has 4 N–H and O–H groups in total. The molecule has 2 aliphatic rings. The molecule has 1 fully saturated rings. The normalized spacial score (nSPS) is 15.9. The van der Waals surface area contributed by atoms with Crippen molar-refractivity contribution in [2.75, 3.05) is 32.6 Å². The molecule has 5 rings (SSSR count). The monoisotopic (exact) mass is 490 g/mol. The number of fused-ring (bicyclic) bond motifs is 3. The number of aliphatic hydroxyl groups excluding tert-OH is 1. The van der Waals surface area contributed by atoms with Crippen molar-refractivity contribution in [3.8, 4) is 11.1 Å². The van der Waals surface area contributed by atoms with Gasteiger partial charge in [-0.05, 0) is 63.5 Å². The SMILES string of the molecule is CN(C)CCO.NC(=O)c1ccc(-c2c3n(c4ccccc24)C(=O)CCC3)cc1NC1CCCCC1. The lowest BCUT2D eigenvalue weighted by molar-refractivity contribution is 0.0889. The van der Waals surface area contributed by atoms with Crippen molar-refractivity contribution in [1.82, 2.24) is 9.47 Å². The van der Waals surface area contributed by atoms with Crippen molar-refractivity contribution in [3.05, 3.63) is 53.7 Å². The second-order valence-electron chi connectivity index (χ2n) is 10.1. The molecule has 0 atom stereocenters. The molecular formula is C29H38N4O3. The van der Waals surface area contributed by atoms with Crippen molar-refractivity contribution >= 4 is 28.4 Å². The molecule has 7 heteroatoms. The number of amides is 1. The number of anilines is 1. The van der Waals surface area contributed by atoms with Crippen molar-refractivity contribution in [3.63, 3.8) is 0 Å². The second-order valence-corrected chi connectivity index (χ2v) is 10.1. The van der Waals surface area contributed by atoms with Crippen molar-refractivity contribution in [1.29, 1.82) is 0 Å². The molecule has 0 unspecified atom stereocenters. The Labute approximate surface area is 213 Å². The largest absolute Gasteiger partial charge is 0.395 e. The van der Waals surface area contributed by atoms with Crippen LogP contribution in [0.25, 0.3) is 22.0 Å². The quantitative estimate of drug-likeness (QED) is 0.466. The van der Waals surface area contributed by atoms with Crippen LogP contribution < -0.4 is 11.1 Å². The molecule has 2 heterocycles. The van der Waals surface area contributed by atoms with Crippen molar-refractivity contribution in [2.45, 2.75) is 57.4 Å². The summed E-state index contributed by atoms with van der Waals surface area (Å²) in [6.45, 7) is 1.02. The minimum Gasteiger partial charge on any atom is -0.395 e. The van der Waals surface area contributed by atoms with E-state index in [1.54, 1.807) is 0 Å². The number of aliphatic hydroxyl groups is 1. The van der Waals surface area contributed by atoms with Crippen LogP contribution in [0.15, 0.2) is 42.5 Å². The van der Waals surface area contributed by atoms with E-state index in [1.165, 1.54) is 19.3 Å². The number of hydrogen-bond acceptors (Lipinski definition) is 5. The van der Waals surface area contributed by atoms with Gasteiger partial charge in [-0.15, -0.1) is 0 Å². The van der Waals surface area contributed by atoms with E-state index in [9.17, 15) is 9.59 Å². The molecule has 0 spiro atoms. The van der Waals surface area contributed by atoms with E-state index in [0.29, 0.717) is 18.0 Å². The summed E-state index contributed by atoms with van der Waals surface area (Å²) in [6.07, 6.45) is 8.25. The Morgan fingerprint density at radius 2 is 1.83 bits per heavy atom. The van der Waals surface area contributed by atoms with Gasteiger partial charge in [0.15, 0.2) is 0 Å². The predicted molar refractivity (Wildman–Crippen MR) is 146 cm³/mol. The third-order valence-electron chi connectivity index (χ3n) is 7.11. The Morgan fingerprint density at radius 1 is 1.08 bits per heavy atom. The third-order valence-corrected chi connectivity index (χ3v) is 7.11. The minimum atomic E-state index is -0.418. The van der Waals surface area contributed by atoms with Crippen molar-refractivity contribution in [2.24, 2.45) is 5.73 Å². The van der Waals surface area contributed by atoms with E-state index >= 15 is 0 Å². The third kappa shape index (κ3) is 5.63. The first kappa shape index (κ1) is 25.9. The van der Waals surface area contributed by atoms with Gasteiger partial charge >= 0.3 is 0 Å². The number of nitrogens with two attached hydrogens (primary N) is 1. The summed E-state index contributed by atoms with van der Waals surface area (Å²) in [4.78, 5) is 26.7. The predicted octanol–water partition coefficient (Wildman–Crippen LogP) is 4.67. The van der Waals surface area contributed by atoms with Crippen LogP contribution in [0.2, 0.25) is 0 Å². The van der Waals surface area contributed by atoms with Gasteiger partial charge in [0.05, 0.1) is 17.7 Å². The second kappa shape index (κ2) is 11.7. The molecule has 7 nitrogen and oxygen atoms in total. The molecule has 3 aromatic rings. The maximum absolute atomic E-state index is 12.7. The lowest BCUT2D eigenvalue weighted by atomic mass is 9.93. The number of rotatable bonds is 6.